The zero-order valence-electron chi connectivity index (χ0n) is 17.0. The van der Waals surface area contributed by atoms with E-state index in [2.05, 4.69) is 30.9 Å². The summed E-state index contributed by atoms with van der Waals surface area (Å²) in [6.45, 7) is 3.24. The summed E-state index contributed by atoms with van der Waals surface area (Å²) in [5.41, 5.74) is 7.01. The number of nitrogens with zero attached hydrogens (tertiary/aromatic N) is 5. The molecule has 3 aromatic heterocycles. The Bertz CT molecular complexity index is 1270. The summed E-state index contributed by atoms with van der Waals surface area (Å²) in [5, 5.41) is 0. The van der Waals surface area contributed by atoms with Crippen LogP contribution in [0.25, 0.3) is 28.6 Å². The van der Waals surface area contributed by atoms with Crippen LogP contribution in [0.4, 0.5) is 4.39 Å². The van der Waals surface area contributed by atoms with E-state index in [1.165, 1.54) is 0 Å². The molecule has 0 bridgehead atoms. The molecule has 5 nitrogen and oxygen atoms in total. The number of aromatic nitrogens is 4. The molecular weight excluding hydrogens is 389 g/mol. The first-order valence-electron chi connectivity index (χ1n) is 10.0. The van der Waals surface area contributed by atoms with Gasteiger partial charge in [0.15, 0.2) is 0 Å². The molecule has 0 saturated carbocycles. The lowest BCUT2D eigenvalue weighted by Crippen LogP contribution is -2.20. The average molecular weight is 409 g/mol. The fourth-order valence-corrected chi connectivity index (χ4v) is 3.76. The molecule has 0 radical (unpaired) electrons. The summed E-state index contributed by atoms with van der Waals surface area (Å²) in [6, 6.07) is 11.2. The number of aryl methyl sites for hydroxylation is 1. The molecule has 4 aromatic rings. The van der Waals surface area contributed by atoms with Gasteiger partial charge >= 0.3 is 0 Å². The largest absolute Gasteiger partial charge is 0.369 e. The summed E-state index contributed by atoms with van der Waals surface area (Å²) in [7, 11) is 0. The molecule has 0 amide bonds. The fourth-order valence-electron chi connectivity index (χ4n) is 3.76. The van der Waals surface area contributed by atoms with Crippen molar-refractivity contribution in [3.8, 4) is 22.5 Å². The molecule has 0 saturated heterocycles. The van der Waals surface area contributed by atoms with Crippen molar-refractivity contribution in [2.24, 2.45) is 0 Å². The lowest BCUT2D eigenvalue weighted by atomic mass is 10.0. The van der Waals surface area contributed by atoms with Gasteiger partial charge in [-0.3, -0.25) is 19.9 Å². The van der Waals surface area contributed by atoms with Gasteiger partial charge in [-0.2, -0.15) is 0 Å². The second kappa shape index (κ2) is 8.07. The lowest BCUT2D eigenvalue weighted by Gasteiger charge is -2.25. The van der Waals surface area contributed by atoms with Crippen LogP contribution >= 0.6 is 0 Å². The van der Waals surface area contributed by atoms with Crippen LogP contribution in [0.1, 0.15) is 22.4 Å². The average Bonchev–Trinajstić information content (AvgIpc) is 2.79. The number of hydrogen-bond donors (Lipinski definition) is 0. The molecule has 0 atom stereocenters. The molecule has 31 heavy (non-hydrogen) atoms. The third-order valence-electron chi connectivity index (χ3n) is 5.31. The zero-order chi connectivity index (χ0) is 21.2. The van der Waals surface area contributed by atoms with Crippen molar-refractivity contribution in [1.82, 2.24) is 24.8 Å². The van der Waals surface area contributed by atoms with E-state index in [0.717, 1.165) is 39.3 Å². The first kappa shape index (κ1) is 19.1. The van der Waals surface area contributed by atoms with Gasteiger partial charge in [0.2, 0.25) is 0 Å². The maximum absolute atomic E-state index is 14.8. The van der Waals surface area contributed by atoms with Crippen molar-refractivity contribution < 1.29 is 4.39 Å². The van der Waals surface area contributed by atoms with Gasteiger partial charge in [-0.15, -0.1) is 0 Å². The maximum Gasteiger partial charge on any atom is 0.131 e. The first-order valence-corrected chi connectivity index (χ1v) is 10.0. The van der Waals surface area contributed by atoms with E-state index in [1.807, 2.05) is 49.7 Å². The van der Waals surface area contributed by atoms with Crippen molar-refractivity contribution in [3.05, 3.63) is 102 Å². The molecule has 1 aliphatic heterocycles. The summed E-state index contributed by atoms with van der Waals surface area (Å²) < 4.78 is 14.8. The number of fused-ring (bicyclic) bond motifs is 1. The second-order valence-electron chi connectivity index (χ2n) is 7.58. The second-order valence-corrected chi connectivity index (χ2v) is 7.58. The highest BCUT2D eigenvalue weighted by atomic mass is 19.1. The third-order valence-corrected chi connectivity index (χ3v) is 5.31. The third kappa shape index (κ3) is 4.05. The van der Waals surface area contributed by atoms with Crippen molar-refractivity contribution in [3.63, 3.8) is 0 Å². The Hall–Kier alpha value is -3.93. The highest BCUT2D eigenvalue weighted by molar-refractivity contribution is 5.65. The monoisotopic (exact) mass is 409 g/mol. The Balaban J connectivity index is 1.33. The minimum atomic E-state index is -0.222. The van der Waals surface area contributed by atoms with Gasteiger partial charge in [0, 0.05) is 55.3 Å². The number of pyridine rings is 2. The van der Waals surface area contributed by atoms with E-state index in [9.17, 15) is 4.39 Å². The van der Waals surface area contributed by atoms with E-state index in [4.69, 9.17) is 0 Å². The summed E-state index contributed by atoms with van der Waals surface area (Å²) >= 11 is 0. The van der Waals surface area contributed by atoms with Gasteiger partial charge in [0.05, 0.1) is 11.9 Å². The topological polar surface area (TPSA) is 54.8 Å². The smallest absolute Gasteiger partial charge is 0.131 e. The van der Waals surface area contributed by atoms with E-state index in [1.54, 1.807) is 30.9 Å². The van der Waals surface area contributed by atoms with Crippen LogP contribution in [0.2, 0.25) is 0 Å². The Kier molecular flexibility index (Phi) is 4.96. The van der Waals surface area contributed by atoms with Crippen LogP contribution in [0.5, 0.6) is 0 Å². The number of benzene rings is 1. The van der Waals surface area contributed by atoms with Crippen molar-refractivity contribution >= 4 is 6.08 Å². The molecule has 0 N–H and O–H groups in total. The SMILES string of the molecule is Cc1cc(-c2ccc(CN3C=Cc4cc(-c5cnccn5)ncc4C3)cc2F)ccn1. The molecule has 0 aliphatic carbocycles. The minimum absolute atomic E-state index is 0.222. The van der Waals surface area contributed by atoms with Gasteiger partial charge in [-0.1, -0.05) is 12.1 Å². The molecule has 0 fully saturated rings. The Labute approximate surface area is 180 Å². The molecule has 4 heterocycles. The number of hydrogen-bond acceptors (Lipinski definition) is 5. The maximum atomic E-state index is 14.8. The predicted octanol–water partition coefficient (Wildman–Crippen LogP) is 5.03. The molecule has 1 aliphatic rings. The van der Waals surface area contributed by atoms with Crippen LogP contribution in [0, 0.1) is 12.7 Å². The number of rotatable bonds is 4. The van der Waals surface area contributed by atoms with E-state index < -0.39 is 0 Å². The van der Waals surface area contributed by atoms with Gasteiger partial charge in [0.25, 0.3) is 0 Å². The lowest BCUT2D eigenvalue weighted by molar-refractivity contribution is 0.358. The molecular formula is C25H20FN5. The molecule has 0 spiro atoms. The number of halogens is 1. The highest BCUT2D eigenvalue weighted by Gasteiger charge is 2.14. The van der Waals surface area contributed by atoms with Gasteiger partial charge in [-0.25, -0.2) is 4.39 Å². The standard InChI is InChI=1S/C25H20FN5/c1-17-10-20(4-6-28-17)22-3-2-18(11-23(22)26)15-31-9-5-19-12-24(30-13-21(19)16-31)25-14-27-7-8-29-25/h2-14H,15-16H2,1H3. The van der Waals surface area contributed by atoms with Crippen LogP contribution in [0.15, 0.2) is 73.6 Å². The van der Waals surface area contributed by atoms with Crippen LogP contribution in [-0.4, -0.2) is 24.8 Å². The van der Waals surface area contributed by atoms with Crippen LogP contribution in [0.3, 0.4) is 0 Å². The summed E-state index contributed by atoms with van der Waals surface area (Å²) in [6.07, 6.45) is 12.7. The molecule has 0 unspecified atom stereocenters. The summed E-state index contributed by atoms with van der Waals surface area (Å²) in [4.78, 5) is 19.3. The zero-order valence-corrected chi connectivity index (χ0v) is 17.0. The molecule has 1 aromatic carbocycles. The minimum Gasteiger partial charge on any atom is -0.369 e. The van der Waals surface area contributed by atoms with Crippen molar-refractivity contribution in [1.29, 1.82) is 0 Å². The van der Waals surface area contributed by atoms with Crippen molar-refractivity contribution in [2.75, 3.05) is 0 Å². The highest BCUT2D eigenvalue weighted by Crippen LogP contribution is 2.27. The van der Waals surface area contributed by atoms with E-state index in [0.29, 0.717) is 18.7 Å². The molecule has 6 heteroatoms. The van der Waals surface area contributed by atoms with Gasteiger partial charge < -0.3 is 4.90 Å². The Morgan fingerprint density at radius 2 is 1.87 bits per heavy atom. The first-order chi connectivity index (χ1) is 15.2. The van der Waals surface area contributed by atoms with Crippen LogP contribution < -0.4 is 0 Å². The van der Waals surface area contributed by atoms with Gasteiger partial charge in [-0.05, 0) is 59.5 Å². The Morgan fingerprint density at radius 1 is 0.935 bits per heavy atom. The summed E-state index contributed by atoms with van der Waals surface area (Å²) in [5.74, 6) is -0.222. The van der Waals surface area contributed by atoms with Gasteiger partial charge in [0.1, 0.15) is 11.5 Å². The fraction of sp³-hybridized carbons (Fsp3) is 0.120. The van der Waals surface area contributed by atoms with E-state index >= 15 is 0 Å². The molecule has 152 valence electrons. The molecule has 5 rings (SSSR count). The Morgan fingerprint density at radius 3 is 2.68 bits per heavy atom. The predicted molar refractivity (Wildman–Crippen MR) is 118 cm³/mol. The van der Waals surface area contributed by atoms with Crippen LogP contribution in [-0.2, 0) is 13.1 Å². The normalized spacial score (nSPS) is 12.6. The van der Waals surface area contributed by atoms with E-state index in [-0.39, 0.29) is 5.82 Å². The van der Waals surface area contributed by atoms with Crippen molar-refractivity contribution in [2.45, 2.75) is 20.0 Å². The quantitative estimate of drug-likeness (QED) is 0.473.